The Kier molecular flexibility index (Phi) is 9.01. The Morgan fingerprint density at radius 2 is 2.03 bits per heavy atom. The fraction of sp³-hybridized carbons (Fsp3) is 0.783. The molecular weight excluding hydrogens is 440 g/mol. The Hall–Kier alpha value is -2.53. The van der Waals surface area contributed by atoms with Crippen LogP contribution in [-0.4, -0.2) is 90.2 Å². The Morgan fingerprint density at radius 3 is 2.68 bits per heavy atom. The quantitative estimate of drug-likeness (QED) is 0.274. The lowest BCUT2D eigenvalue weighted by Crippen LogP contribution is -2.45. The zero-order valence-corrected chi connectivity index (χ0v) is 20.2. The molecule has 0 saturated carbocycles. The van der Waals surface area contributed by atoms with Gasteiger partial charge in [-0.25, -0.2) is 0 Å². The highest BCUT2D eigenvalue weighted by atomic mass is 16.2. The van der Waals surface area contributed by atoms with E-state index in [2.05, 4.69) is 22.9 Å². The van der Waals surface area contributed by atoms with Crippen molar-refractivity contribution in [3.8, 4) is 0 Å². The number of nitrogens with two attached hydrogens (primary N) is 1. The summed E-state index contributed by atoms with van der Waals surface area (Å²) in [7, 11) is 1.63. The maximum atomic E-state index is 12.7. The molecule has 5 N–H and O–H groups in total. The number of hydrogen-bond acceptors (Lipinski definition) is 7. The van der Waals surface area contributed by atoms with Gasteiger partial charge in [-0.3, -0.25) is 28.9 Å². The summed E-state index contributed by atoms with van der Waals surface area (Å²) in [5.74, 6) is -1.47. The van der Waals surface area contributed by atoms with Gasteiger partial charge in [-0.2, -0.15) is 0 Å². The number of primary amides is 1. The minimum atomic E-state index is -0.528. The molecule has 5 amide bonds. The van der Waals surface area contributed by atoms with Crippen LogP contribution in [0.15, 0.2) is 0 Å². The number of hydrogen-bond donors (Lipinski definition) is 4. The average molecular weight is 479 g/mol. The molecular formula is C23H38N6O5. The molecule has 2 unspecified atom stereocenters. The van der Waals surface area contributed by atoms with Crippen molar-refractivity contribution in [2.75, 3.05) is 26.7 Å². The van der Waals surface area contributed by atoms with E-state index >= 15 is 0 Å². The zero-order valence-electron chi connectivity index (χ0n) is 20.2. The summed E-state index contributed by atoms with van der Waals surface area (Å²) in [6, 6.07) is -0.630. The highest BCUT2D eigenvalue weighted by Crippen LogP contribution is 2.25. The topological polar surface area (TPSA) is 154 Å². The molecule has 0 aromatic carbocycles. The summed E-state index contributed by atoms with van der Waals surface area (Å²) in [5, 5.41) is 8.99. The third kappa shape index (κ3) is 6.32. The van der Waals surface area contributed by atoms with Gasteiger partial charge in [0.25, 0.3) is 0 Å². The van der Waals surface area contributed by atoms with Crippen LogP contribution in [0.4, 0.5) is 0 Å². The monoisotopic (exact) mass is 478 g/mol. The first-order chi connectivity index (χ1) is 16.2. The fourth-order valence-electron chi connectivity index (χ4n) is 5.20. The molecule has 11 heteroatoms. The van der Waals surface area contributed by atoms with Crippen LogP contribution in [0.5, 0.6) is 0 Å². The number of carbonyl (C=O) groups excluding carboxylic acids is 5. The van der Waals surface area contributed by atoms with Crippen molar-refractivity contribution in [2.45, 2.75) is 82.5 Å². The second kappa shape index (κ2) is 11.7. The molecule has 0 aromatic rings. The number of nitrogens with zero attached hydrogens (tertiary/aromatic N) is 2. The molecule has 34 heavy (non-hydrogen) atoms. The maximum Gasteiger partial charge on any atom is 0.240 e. The summed E-state index contributed by atoms with van der Waals surface area (Å²) in [5.41, 5.74) is 5.31. The van der Waals surface area contributed by atoms with Crippen molar-refractivity contribution in [1.29, 1.82) is 0 Å². The van der Waals surface area contributed by atoms with Crippen molar-refractivity contribution >= 4 is 29.5 Å². The number of imide groups is 1. The predicted molar refractivity (Wildman–Crippen MR) is 124 cm³/mol. The van der Waals surface area contributed by atoms with Crippen LogP contribution in [0.3, 0.4) is 0 Å². The van der Waals surface area contributed by atoms with Crippen molar-refractivity contribution < 1.29 is 24.0 Å². The van der Waals surface area contributed by atoms with Crippen LogP contribution in [-0.2, 0) is 24.0 Å². The van der Waals surface area contributed by atoms with Crippen LogP contribution >= 0.6 is 0 Å². The lowest BCUT2D eigenvalue weighted by molar-refractivity contribution is -0.140. The van der Waals surface area contributed by atoms with Crippen LogP contribution in [0.2, 0.25) is 0 Å². The highest BCUT2D eigenvalue weighted by Gasteiger charge is 2.39. The summed E-state index contributed by atoms with van der Waals surface area (Å²) in [6.07, 6.45) is 4.13. The van der Waals surface area contributed by atoms with E-state index in [9.17, 15) is 24.0 Å². The fourth-order valence-corrected chi connectivity index (χ4v) is 5.20. The summed E-state index contributed by atoms with van der Waals surface area (Å²) in [6.45, 7) is 3.61. The van der Waals surface area contributed by atoms with Crippen molar-refractivity contribution in [3.05, 3.63) is 0 Å². The van der Waals surface area contributed by atoms with Gasteiger partial charge >= 0.3 is 0 Å². The van der Waals surface area contributed by atoms with Gasteiger partial charge in [-0.05, 0) is 52.5 Å². The van der Waals surface area contributed by atoms with Gasteiger partial charge in [0.2, 0.25) is 29.5 Å². The van der Waals surface area contributed by atoms with Gasteiger partial charge in [0, 0.05) is 50.5 Å². The van der Waals surface area contributed by atoms with Gasteiger partial charge in [0.05, 0.1) is 12.1 Å². The summed E-state index contributed by atoms with van der Waals surface area (Å²) in [4.78, 5) is 64.4. The Labute approximate surface area is 200 Å². The van der Waals surface area contributed by atoms with E-state index in [0.29, 0.717) is 32.2 Å². The molecule has 5 atom stereocenters. The third-order valence-electron chi connectivity index (χ3n) is 7.25. The number of nitrogens with one attached hydrogen (secondary N) is 3. The minimum Gasteiger partial charge on any atom is -0.368 e. The van der Waals surface area contributed by atoms with E-state index in [-0.39, 0.29) is 61.1 Å². The summed E-state index contributed by atoms with van der Waals surface area (Å²) < 4.78 is 0. The molecule has 11 nitrogen and oxygen atoms in total. The van der Waals surface area contributed by atoms with Gasteiger partial charge in [0.1, 0.15) is 0 Å². The molecule has 3 saturated heterocycles. The molecule has 190 valence electrons. The molecule has 3 aliphatic rings. The van der Waals surface area contributed by atoms with Gasteiger partial charge in [0.15, 0.2) is 0 Å². The first kappa shape index (κ1) is 26.1. The smallest absolute Gasteiger partial charge is 0.240 e. The average Bonchev–Trinajstić information content (AvgIpc) is 3.49. The van der Waals surface area contributed by atoms with Crippen molar-refractivity contribution in [2.24, 2.45) is 11.7 Å². The van der Waals surface area contributed by atoms with E-state index in [4.69, 9.17) is 5.73 Å². The molecule has 3 fully saturated rings. The second-order valence-electron chi connectivity index (χ2n) is 9.69. The second-order valence-corrected chi connectivity index (χ2v) is 9.69. The van der Waals surface area contributed by atoms with E-state index in [1.165, 1.54) is 4.90 Å². The Bertz CT molecular complexity index is 805. The molecule has 0 aliphatic carbocycles. The lowest BCUT2D eigenvalue weighted by atomic mass is 9.98. The molecule has 0 radical (unpaired) electrons. The van der Waals surface area contributed by atoms with Crippen molar-refractivity contribution in [1.82, 2.24) is 25.8 Å². The standard InChI is InChI=1S/C23H38N6O5/c1-14-5-3-9-28(14)23(34)18-12-16(13-26-18)27-19(30)6-4-10-29-20(31)11-15(22(29)33)7-8-17(25-2)21(24)32/h14-18,25-26H,3-13H2,1-2H3,(H2,24,32)(H,27,30)/t14-,15?,16?,17+,18+/m1/s1. The highest BCUT2D eigenvalue weighted by molar-refractivity contribution is 6.03. The SMILES string of the molecule is CN[C@@H](CCC1CC(=O)N(CCCC(=O)NC2CN[C@H](C(=O)N3CCC[C@H]3C)C2)C1=O)C(N)=O. The van der Waals surface area contributed by atoms with E-state index in [1.54, 1.807) is 7.05 Å². The zero-order chi connectivity index (χ0) is 24.8. The first-order valence-electron chi connectivity index (χ1n) is 12.3. The third-order valence-corrected chi connectivity index (χ3v) is 7.25. The number of carbonyl (C=O) groups is 5. The number of likely N-dealkylation sites (tertiary alicyclic amines) is 2. The molecule has 0 spiro atoms. The van der Waals surface area contributed by atoms with E-state index < -0.39 is 17.9 Å². The Morgan fingerprint density at radius 1 is 1.26 bits per heavy atom. The number of rotatable bonds is 11. The largest absolute Gasteiger partial charge is 0.368 e. The minimum absolute atomic E-state index is 0.107. The molecule has 0 aromatic heterocycles. The van der Waals surface area contributed by atoms with Crippen molar-refractivity contribution in [3.63, 3.8) is 0 Å². The number of amides is 5. The molecule has 3 heterocycles. The van der Waals surface area contributed by atoms with Crippen LogP contribution in [0, 0.1) is 5.92 Å². The van der Waals surface area contributed by atoms with Gasteiger partial charge in [-0.1, -0.05) is 0 Å². The predicted octanol–water partition coefficient (Wildman–Crippen LogP) is -1.15. The van der Waals surface area contributed by atoms with E-state index in [0.717, 1.165) is 19.4 Å². The maximum absolute atomic E-state index is 12.7. The van der Waals surface area contributed by atoms with Gasteiger partial charge in [-0.15, -0.1) is 0 Å². The van der Waals surface area contributed by atoms with Crippen LogP contribution < -0.4 is 21.7 Å². The van der Waals surface area contributed by atoms with Crippen LogP contribution in [0.1, 0.15) is 58.3 Å². The molecule has 3 rings (SSSR count). The lowest BCUT2D eigenvalue weighted by Gasteiger charge is -2.24. The first-order valence-corrected chi connectivity index (χ1v) is 12.3. The van der Waals surface area contributed by atoms with E-state index in [1.807, 2.05) is 4.90 Å². The molecule has 0 bridgehead atoms. The van der Waals surface area contributed by atoms with Gasteiger partial charge < -0.3 is 26.6 Å². The Balaban J connectivity index is 1.36. The number of likely N-dealkylation sites (N-methyl/N-ethyl adjacent to an activating group) is 1. The normalized spacial score (nSPS) is 27.9. The van der Waals surface area contributed by atoms with Crippen LogP contribution in [0.25, 0.3) is 0 Å². The summed E-state index contributed by atoms with van der Waals surface area (Å²) >= 11 is 0. The molecule has 3 aliphatic heterocycles.